The molecule has 0 aromatic heterocycles. The van der Waals surface area contributed by atoms with Crippen LogP contribution < -0.4 is 14.2 Å². The van der Waals surface area contributed by atoms with E-state index in [1.807, 2.05) is 49.4 Å². The maximum absolute atomic E-state index is 12.3. The number of benzene rings is 2. The summed E-state index contributed by atoms with van der Waals surface area (Å²) >= 11 is 0. The molecule has 0 amide bonds. The summed E-state index contributed by atoms with van der Waals surface area (Å²) < 4.78 is 28.1. The van der Waals surface area contributed by atoms with Crippen molar-refractivity contribution < 1.29 is 18.4 Å². The zero-order chi connectivity index (χ0) is 17.5. The van der Waals surface area contributed by atoms with Gasteiger partial charge < -0.3 is 14.2 Å². The smallest absolute Gasteiger partial charge is 0.132 e. The fourth-order valence-corrected chi connectivity index (χ4v) is 3.32. The molecule has 0 radical (unpaired) electrons. The Hall–Kier alpha value is -2.27. The first-order chi connectivity index (χ1) is 11.6. The number of ether oxygens (including phenoxy) is 3. The summed E-state index contributed by atoms with van der Waals surface area (Å²) in [5.41, 5.74) is 2.79. The first-order valence-corrected chi connectivity index (χ1v) is 8.87. The van der Waals surface area contributed by atoms with Gasteiger partial charge >= 0.3 is 0 Å². The lowest BCUT2D eigenvalue weighted by atomic mass is 10.1. The van der Waals surface area contributed by atoms with E-state index in [-0.39, 0.29) is 0 Å². The van der Waals surface area contributed by atoms with Crippen LogP contribution in [-0.4, -0.2) is 25.5 Å². The predicted molar refractivity (Wildman–Crippen MR) is 98.2 cm³/mol. The van der Waals surface area contributed by atoms with E-state index < -0.39 is 10.8 Å². The highest BCUT2D eigenvalue weighted by Gasteiger charge is 2.09. The molecule has 4 nitrogen and oxygen atoms in total. The Kier molecular flexibility index (Phi) is 6.44. The second kappa shape index (κ2) is 8.55. The Morgan fingerprint density at radius 2 is 1.67 bits per heavy atom. The molecule has 2 aromatic rings. The molecule has 0 saturated heterocycles. The van der Waals surface area contributed by atoms with Crippen molar-refractivity contribution in [2.24, 2.45) is 0 Å². The normalized spacial score (nSPS) is 12.2. The maximum atomic E-state index is 12.3. The van der Waals surface area contributed by atoms with Crippen LogP contribution in [-0.2, 0) is 16.6 Å². The fraction of sp³-hybridized carbons (Fsp3) is 0.263. The second-order valence-electron chi connectivity index (χ2n) is 5.19. The van der Waals surface area contributed by atoms with Crippen LogP contribution in [0.25, 0.3) is 6.08 Å². The largest absolute Gasteiger partial charge is 0.497 e. The Balaban J connectivity index is 2.12. The van der Waals surface area contributed by atoms with Crippen molar-refractivity contribution in [2.45, 2.75) is 12.7 Å². The zero-order valence-electron chi connectivity index (χ0n) is 14.4. The van der Waals surface area contributed by atoms with E-state index in [1.54, 1.807) is 26.7 Å². The SMILES string of the molecule is COc1ccc(CS(=O)/C=C/c2ccc(OC)c(C)c2OC)cc1. The molecule has 0 heterocycles. The molecule has 0 bridgehead atoms. The lowest BCUT2D eigenvalue weighted by Gasteiger charge is -2.12. The molecule has 0 saturated carbocycles. The highest BCUT2D eigenvalue weighted by Crippen LogP contribution is 2.32. The van der Waals surface area contributed by atoms with Crippen molar-refractivity contribution in [3.63, 3.8) is 0 Å². The molecular weight excluding hydrogens is 324 g/mol. The van der Waals surface area contributed by atoms with Gasteiger partial charge in [0.05, 0.1) is 37.9 Å². The lowest BCUT2D eigenvalue weighted by Crippen LogP contribution is -1.95. The van der Waals surface area contributed by atoms with Crippen LogP contribution in [0.3, 0.4) is 0 Å². The molecule has 0 N–H and O–H groups in total. The van der Waals surface area contributed by atoms with Gasteiger partial charge in [0.1, 0.15) is 17.2 Å². The highest BCUT2D eigenvalue weighted by molar-refractivity contribution is 7.87. The summed E-state index contributed by atoms with van der Waals surface area (Å²) in [5, 5.41) is 1.69. The average Bonchev–Trinajstić information content (AvgIpc) is 2.60. The molecule has 24 heavy (non-hydrogen) atoms. The molecule has 2 aromatic carbocycles. The van der Waals surface area contributed by atoms with Crippen molar-refractivity contribution in [3.05, 3.63) is 58.5 Å². The van der Waals surface area contributed by atoms with Crippen molar-refractivity contribution in [1.29, 1.82) is 0 Å². The number of methoxy groups -OCH3 is 3. The lowest BCUT2D eigenvalue weighted by molar-refractivity contribution is 0.388. The first-order valence-electron chi connectivity index (χ1n) is 7.49. The van der Waals surface area contributed by atoms with E-state index in [0.717, 1.165) is 33.9 Å². The predicted octanol–water partition coefficient (Wildman–Crippen LogP) is 3.94. The van der Waals surface area contributed by atoms with Gasteiger partial charge in [-0.15, -0.1) is 0 Å². The van der Waals surface area contributed by atoms with Crippen molar-refractivity contribution in [2.75, 3.05) is 21.3 Å². The Labute approximate surface area is 145 Å². The molecule has 0 fully saturated rings. The summed E-state index contributed by atoms with van der Waals surface area (Å²) in [6.45, 7) is 1.93. The van der Waals surface area contributed by atoms with Gasteiger partial charge in [-0.25, -0.2) is 0 Å². The maximum Gasteiger partial charge on any atom is 0.132 e. The van der Waals surface area contributed by atoms with Gasteiger partial charge in [0.2, 0.25) is 0 Å². The Bertz CT molecular complexity index is 736. The van der Waals surface area contributed by atoms with Crippen molar-refractivity contribution >= 4 is 16.9 Å². The van der Waals surface area contributed by atoms with E-state index in [4.69, 9.17) is 14.2 Å². The van der Waals surface area contributed by atoms with Crippen LogP contribution >= 0.6 is 0 Å². The zero-order valence-corrected chi connectivity index (χ0v) is 15.2. The molecule has 5 heteroatoms. The van der Waals surface area contributed by atoms with Crippen LogP contribution in [0.15, 0.2) is 41.8 Å². The van der Waals surface area contributed by atoms with Crippen LogP contribution in [0, 0.1) is 6.92 Å². The van der Waals surface area contributed by atoms with Crippen LogP contribution in [0.1, 0.15) is 16.7 Å². The number of hydrogen-bond acceptors (Lipinski definition) is 4. The van der Waals surface area contributed by atoms with Gasteiger partial charge in [0.15, 0.2) is 0 Å². The van der Waals surface area contributed by atoms with E-state index >= 15 is 0 Å². The Morgan fingerprint density at radius 3 is 2.25 bits per heavy atom. The third kappa shape index (κ3) is 4.38. The molecule has 2 rings (SSSR count). The highest BCUT2D eigenvalue weighted by atomic mass is 32.2. The first kappa shape index (κ1) is 18.1. The standard InChI is InChI=1S/C19H22O4S/c1-14-18(22-3)10-7-16(19(14)23-4)11-12-24(20)13-15-5-8-17(21-2)9-6-15/h5-12H,13H2,1-4H3/b12-11+. The van der Waals surface area contributed by atoms with E-state index in [0.29, 0.717) is 5.75 Å². The molecule has 1 unspecified atom stereocenters. The fourth-order valence-electron chi connectivity index (χ4n) is 2.40. The molecule has 0 spiro atoms. The minimum absolute atomic E-state index is 0.456. The molecular formula is C19H22O4S. The molecule has 0 aliphatic heterocycles. The van der Waals surface area contributed by atoms with Gasteiger partial charge in [-0.2, -0.15) is 0 Å². The summed E-state index contributed by atoms with van der Waals surface area (Å²) in [7, 11) is 3.76. The van der Waals surface area contributed by atoms with Gasteiger partial charge in [-0.1, -0.05) is 12.1 Å². The van der Waals surface area contributed by atoms with Crippen molar-refractivity contribution in [3.8, 4) is 17.2 Å². The molecule has 128 valence electrons. The summed E-state index contributed by atoms with van der Waals surface area (Å²) in [6, 6.07) is 11.3. The average molecular weight is 346 g/mol. The molecule has 1 atom stereocenters. The summed E-state index contributed by atoms with van der Waals surface area (Å²) in [4.78, 5) is 0. The monoisotopic (exact) mass is 346 g/mol. The number of rotatable bonds is 7. The molecule has 0 aliphatic carbocycles. The van der Waals surface area contributed by atoms with E-state index in [1.165, 1.54) is 0 Å². The quantitative estimate of drug-likeness (QED) is 0.762. The second-order valence-corrected chi connectivity index (χ2v) is 6.51. The van der Waals surface area contributed by atoms with Gasteiger partial charge in [0.25, 0.3) is 0 Å². The molecule has 0 aliphatic rings. The summed E-state index contributed by atoms with van der Waals surface area (Å²) in [5.74, 6) is 2.74. The Morgan fingerprint density at radius 1 is 0.958 bits per heavy atom. The van der Waals surface area contributed by atoms with Gasteiger partial charge in [-0.05, 0) is 42.8 Å². The third-order valence-electron chi connectivity index (χ3n) is 3.68. The van der Waals surface area contributed by atoms with Gasteiger partial charge in [0, 0.05) is 16.5 Å². The van der Waals surface area contributed by atoms with Crippen LogP contribution in [0.5, 0.6) is 17.2 Å². The summed E-state index contributed by atoms with van der Waals surface area (Å²) in [6.07, 6.45) is 1.82. The minimum Gasteiger partial charge on any atom is -0.497 e. The van der Waals surface area contributed by atoms with Crippen molar-refractivity contribution in [1.82, 2.24) is 0 Å². The topological polar surface area (TPSA) is 44.8 Å². The van der Waals surface area contributed by atoms with Crippen LogP contribution in [0.2, 0.25) is 0 Å². The third-order valence-corrected chi connectivity index (χ3v) is 4.74. The number of hydrogen-bond donors (Lipinski definition) is 0. The van der Waals surface area contributed by atoms with Crippen LogP contribution in [0.4, 0.5) is 0 Å². The minimum atomic E-state index is -1.11. The van der Waals surface area contributed by atoms with E-state index in [2.05, 4.69) is 0 Å². The van der Waals surface area contributed by atoms with Gasteiger partial charge in [-0.3, -0.25) is 4.21 Å². The van der Waals surface area contributed by atoms with E-state index in [9.17, 15) is 4.21 Å².